The number of nitrogens with one attached hydrogen (secondary N) is 1. The van der Waals surface area contributed by atoms with Gasteiger partial charge in [0.1, 0.15) is 5.82 Å². The van der Waals surface area contributed by atoms with E-state index in [2.05, 4.69) is 47.9 Å². The first-order valence-corrected chi connectivity index (χ1v) is 7.28. The predicted octanol–water partition coefficient (Wildman–Crippen LogP) is 2.60. The molecule has 2 heterocycles. The smallest absolute Gasteiger partial charge is 0.147 e. The second kappa shape index (κ2) is 5.87. The molecule has 2 rings (SSSR count). The van der Waals surface area contributed by atoms with E-state index in [1.807, 2.05) is 12.4 Å². The lowest BCUT2D eigenvalue weighted by Gasteiger charge is -2.32. The van der Waals surface area contributed by atoms with E-state index in [4.69, 9.17) is 0 Å². The Morgan fingerprint density at radius 2 is 2.11 bits per heavy atom. The van der Waals surface area contributed by atoms with Gasteiger partial charge in [-0.3, -0.25) is 4.98 Å². The van der Waals surface area contributed by atoms with Crippen LogP contribution in [0.2, 0.25) is 0 Å². The topological polar surface area (TPSA) is 41.1 Å². The molecule has 1 aromatic heterocycles. The lowest BCUT2D eigenvalue weighted by Crippen LogP contribution is -2.38. The summed E-state index contributed by atoms with van der Waals surface area (Å²) in [6.07, 6.45) is 6.29. The van der Waals surface area contributed by atoms with Gasteiger partial charge >= 0.3 is 0 Å². The number of hydrogen-bond donors (Lipinski definition) is 1. The first-order chi connectivity index (χ1) is 8.99. The summed E-state index contributed by atoms with van der Waals surface area (Å²) in [5.41, 5.74) is 1.23. The highest BCUT2D eigenvalue weighted by Crippen LogP contribution is 2.31. The van der Waals surface area contributed by atoms with Crippen molar-refractivity contribution >= 4 is 5.82 Å². The van der Waals surface area contributed by atoms with Crippen LogP contribution in [-0.2, 0) is 6.54 Å². The molecule has 1 N–H and O–H groups in total. The van der Waals surface area contributed by atoms with Crippen molar-refractivity contribution in [2.75, 3.05) is 18.0 Å². The Morgan fingerprint density at radius 1 is 1.32 bits per heavy atom. The summed E-state index contributed by atoms with van der Waals surface area (Å²) in [7, 11) is 0. The Kier molecular flexibility index (Phi) is 4.40. The largest absolute Gasteiger partial charge is 0.350 e. The highest BCUT2D eigenvalue weighted by Gasteiger charge is 2.32. The van der Waals surface area contributed by atoms with E-state index in [-0.39, 0.29) is 5.54 Å². The van der Waals surface area contributed by atoms with Crippen molar-refractivity contribution in [3.05, 3.63) is 18.1 Å². The minimum Gasteiger partial charge on any atom is -0.350 e. The van der Waals surface area contributed by atoms with E-state index < -0.39 is 0 Å². The summed E-state index contributed by atoms with van der Waals surface area (Å²) in [6, 6.07) is 0. The van der Waals surface area contributed by atoms with Crippen molar-refractivity contribution in [2.45, 2.75) is 52.6 Å². The van der Waals surface area contributed by atoms with Crippen LogP contribution in [0.5, 0.6) is 0 Å². The Bertz CT molecular complexity index is 397. The van der Waals surface area contributed by atoms with Gasteiger partial charge in [0.15, 0.2) is 0 Å². The molecule has 1 fully saturated rings. The number of nitrogens with zero attached hydrogens (tertiary/aromatic N) is 3. The summed E-state index contributed by atoms with van der Waals surface area (Å²) in [5, 5.41) is 3.39. The molecule has 0 aliphatic carbocycles. The zero-order valence-electron chi connectivity index (χ0n) is 12.6. The molecule has 0 unspecified atom stereocenters. The van der Waals surface area contributed by atoms with E-state index in [0.29, 0.717) is 5.92 Å². The highest BCUT2D eigenvalue weighted by molar-refractivity contribution is 5.41. The van der Waals surface area contributed by atoms with Gasteiger partial charge in [-0.25, -0.2) is 4.98 Å². The van der Waals surface area contributed by atoms with Gasteiger partial charge in [-0.2, -0.15) is 0 Å². The second-order valence-corrected chi connectivity index (χ2v) is 6.46. The Balaban J connectivity index is 1.95. The second-order valence-electron chi connectivity index (χ2n) is 6.46. The molecule has 4 nitrogen and oxygen atoms in total. The van der Waals surface area contributed by atoms with Crippen LogP contribution in [0, 0.1) is 5.92 Å². The van der Waals surface area contributed by atoms with Crippen molar-refractivity contribution in [3.8, 4) is 0 Å². The lowest BCUT2D eigenvalue weighted by atomic mass is 10.0. The number of rotatable bonds is 5. The van der Waals surface area contributed by atoms with E-state index in [0.717, 1.165) is 31.1 Å². The third-order valence-electron chi connectivity index (χ3n) is 3.73. The van der Waals surface area contributed by atoms with Crippen molar-refractivity contribution in [2.24, 2.45) is 5.92 Å². The van der Waals surface area contributed by atoms with Gasteiger partial charge in [0.05, 0.1) is 18.1 Å². The van der Waals surface area contributed by atoms with E-state index in [1.165, 1.54) is 12.8 Å². The molecule has 0 aromatic carbocycles. The fourth-order valence-corrected chi connectivity index (χ4v) is 2.60. The van der Waals surface area contributed by atoms with Crippen molar-refractivity contribution in [1.29, 1.82) is 0 Å². The van der Waals surface area contributed by atoms with Gasteiger partial charge in [-0.05, 0) is 39.2 Å². The monoisotopic (exact) mass is 262 g/mol. The molecule has 1 aromatic rings. The van der Waals surface area contributed by atoms with E-state index in [9.17, 15) is 0 Å². The fourth-order valence-electron chi connectivity index (χ4n) is 2.60. The standard InChI is InChI=1S/C15H26N4/c1-12(2)8-16-9-13-10-18-14(11-17-13)19-7-5-6-15(19,3)4/h10-12,16H,5-9H2,1-4H3. The molecule has 0 amide bonds. The van der Waals surface area contributed by atoms with Crippen molar-refractivity contribution < 1.29 is 0 Å². The summed E-state index contributed by atoms with van der Waals surface area (Å²) in [6.45, 7) is 11.9. The van der Waals surface area contributed by atoms with Gasteiger partial charge < -0.3 is 10.2 Å². The maximum absolute atomic E-state index is 4.58. The molecule has 0 radical (unpaired) electrons. The molecule has 0 bridgehead atoms. The Labute approximate surface area is 116 Å². The van der Waals surface area contributed by atoms with Crippen LogP contribution >= 0.6 is 0 Å². The third kappa shape index (κ3) is 3.66. The molecular formula is C15H26N4. The van der Waals surface area contributed by atoms with Crippen LogP contribution in [-0.4, -0.2) is 28.6 Å². The number of aromatic nitrogens is 2. The molecule has 1 saturated heterocycles. The molecule has 0 saturated carbocycles. The molecule has 4 heteroatoms. The molecule has 106 valence electrons. The minimum absolute atomic E-state index is 0.214. The van der Waals surface area contributed by atoms with Crippen LogP contribution < -0.4 is 10.2 Å². The maximum Gasteiger partial charge on any atom is 0.147 e. The van der Waals surface area contributed by atoms with Gasteiger partial charge in [-0.15, -0.1) is 0 Å². The van der Waals surface area contributed by atoms with Crippen LogP contribution in [0.3, 0.4) is 0 Å². The summed E-state index contributed by atoms with van der Waals surface area (Å²) >= 11 is 0. The number of hydrogen-bond acceptors (Lipinski definition) is 4. The van der Waals surface area contributed by atoms with Crippen LogP contribution in [0.4, 0.5) is 5.82 Å². The van der Waals surface area contributed by atoms with E-state index in [1.54, 1.807) is 0 Å². The Hall–Kier alpha value is -1.16. The van der Waals surface area contributed by atoms with Crippen molar-refractivity contribution in [3.63, 3.8) is 0 Å². The normalized spacial score (nSPS) is 18.3. The molecule has 1 aliphatic heterocycles. The maximum atomic E-state index is 4.58. The van der Waals surface area contributed by atoms with Gasteiger partial charge in [0, 0.05) is 18.6 Å². The SMILES string of the molecule is CC(C)CNCc1cnc(N2CCCC2(C)C)cn1. The Morgan fingerprint density at radius 3 is 2.63 bits per heavy atom. The molecule has 0 atom stereocenters. The summed E-state index contributed by atoms with van der Waals surface area (Å²) < 4.78 is 0. The van der Waals surface area contributed by atoms with Crippen LogP contribution in [0.1, 0.15) is 46.2 Å². The van der Waals surface area contributed by atoms with E-state index >= 15 is 0 Å². The average Bonchev–Trinajstić information content (AvgIpc) is 2.69. The van der Waals surface area contributed by atoms with Crippen LogP contribution in [0.15, 0.2) is 12.4 Å². The first-order valence-electron chi connectivity index (χ1n) is 7.28. The lowest BCUT2D eigenvalue weighted by molar-refractivity contribution is 0.513. The summed E-state index contributed by atoms with van der Waals surface area (Å²) in [4.78, 5) is 11.5. The first kappa shape index (κ1) is 14.3. The quantitative estimate of drug-likeness (QED) is 0.885. The third-order valence-corrected chi connectivity index (χ3v) is 3.73. The van der Waals surface area contributed by atoms with Gasteiger partial charge in [0.25, 0.3) is 0 Å². The summed E-state index contributed by atoms with van der Waals surface area (Å²) in [5.74, 6) is 1.67. The molecule has 19 heavy (non-hydrogen) atoms. The van der Waals surface area contributed by atoms with Gasteiger partial charge in [-0.1, -0.05) is 13.8 Å². The number of anilines is 1. The fraction of sp³-hybridized carbons (Fsp3) is 0.733. The highest BCUT2D eigenvalue weighted by atomic mass is 15.3. The van der Waals surface area contributed by atoms with Crippen LogP contribution in [0.25, 0.3) is 0 Å². The molecule has 1 aliphatic rings. The zero-order chi connectivity index (χ0) is 13.9. The minimum atomic E-state index is 0.214. The predicted molar refractivity (Wildman–Crippen MR) is 79.2 cm³/mol. The average molecular weight is 262 g/mol. The molecular weight excluding hydrogens is 236 g/mol. The zero-order valence-corrected chi connectivity index (χ0v) is 12.6. The molecule has 0 spiro atoms. The van der Waals surface area contributed by atoms with Crippen molar-refractivity contribution in [1.82, 2.24) is 15.3 Å². The van der Waals surface area contributed by atoms with Gasteiger partial charge in [0.2, 0.25) is 0 Å².